The van der Waals surface area contributed by atoms with Crippen molar-refractivity contribution in [2.75, 3.05) is 4.72 Å². The summed E-state index contributed by atoms with van der Waals surface area (Å²) < 4.78 is 26.3. The van der Waals surface area contributed by atoms with E-state index in [1.165, 1.54) is 29.7 Å². The molecule has 1 aromatic heterocycles. The summed E-state index contributed by atoms with van der Waals surface area (Å²) in [6.07, 6.45) is 1.53. The van der Waals surface area contributed by atoms with Crippen LogP contribution in [0.4, 0.5) is 5.13 Å². The zero-order chi connectivity index (χ0) is 13.2. The van der Waals surface area contributed by atoms with Gasteiger partial charge in [-0.25, -0.2) is 13.4 Å². The SMILES string of the molecule is NC(=S)c1ccc(S(=O)(=O)Nc2nccs2)cc1. The lowest BCUT2D eigenvalue weighted by atomic mass is 10.2. The third-order valence-electron chi connectivity index (χ3n) is 2.10. The Kier molecular flexibility index (Phi) is 3.60. The number of benzene rings is 1. The van der Waals surface area contributed by atoms with Crippen LogP contribution in [-0.2, 0) is 10.0 Å². The van der Waals surface area contributed by atoms with E-state index >= 15 is 0 Å². The van der Waals surface area contributed by atoms with Crippen LogP contribution >= 0.6 is 23.6 Å². The molecule has 0 fully saturated rings. The van der Waals surface area contributed by atoms with Gasteiger partial charge in [-0.3, -0.25) is 4.72 Å². The maximum atomic E-state index is 12.0. The Morgan fingerprint density at radius 1 is 1.33 bits per heavy atom. The van der Waals surface area contributed by atoms with Crippen molar-refractivity contribution >= 4 is 43.7 Å². The summed E-state index contributed by atoms with van der Waals surface area (Å²) >= 11 is 6.01. The van der Waals surface area contributed by atoms with Gasteiger partial charge >= 0.3 is 0 Å². The van der Waals surface area contributed by atoms with Gasteiger partial charge in [0.2, 0.25) is 0 Å². The van der Waals surface area contributed by atoms with Crippen molar-refractivity contribution in [3.8, 4) is 0 Å². The maximum Gasteiger partial charge on any atom is 0.263 e. The summed E-state index contributed by atoms with van der Waals surface area (Å²) in [6, 6.07) is 6.03. The molecule has 0 aliphatic heterocycles. The number of thiocarbonyl (C=S) groups is 1. The Morgan fingerprint density at radius 2 is 2.00 bits per heavy atom. The minimum atomic E-state index is -3.61. The van der Waals surface area contributed by atoms with E-state index in [0.29, 0.717) is 10.7 Å². The number of rotatable bonds is 4. The standard InChI is InChI=1S/C10H9N3O2S3/c11-9(16)7-1-3-8(4-2-7)18(14,15)13-10-12-5-6-17-10/h1-6H,(H2,11,16)(H,12,13). The van der Waals surface area contributed by atoms with Gasteiger partial charge in [-0.05, 0) is 12.1 Å². The van der Waals surface area contributed by atoms with Crippen LogP contribution in [0.15, 0.2) is 40.7 Å². The topological polar surface area (TPSA) is 85.1 Å². The molecule has 0 spiro atoms. The third kappa shape index (κ3) is 2.84. The van der Waals surface area contributed by atoms with Crippen LogP contribution in [0.3, 0.4) is 0 Å². The highest BCUT2D eigenvalue weighted by Gasteiger charge is 2.15. The first kappa shape index (κ1) is 12.9. The predicted molar refractivity (Wildman–Crippen MR) is 75.3 cm³/mol. The summed E-state index contributed by atoms with van der Waals surface area (Å²) in [5.41, 5.74) is 6.06. The van der Waals surface area contributed by atoms with E-state index in [1.807, 2.05) is 0 Å². The van der Waals surface area contributed by atoms with Gasteiger partial charge in [0.05, 0.1) is 4.90 Å². The number of hydrogen-bond acceptors (Lipinski definition) is 5. The highest BCUT2D eigenvalue weighted by molar-refractivity contribution is 7.93. The van der Waals surface area contributed by atoms with E-state index in [2.05, 4.69) is 9.71 Å². The summed E-state index contributed by atoms with van der Waals surface area (Å²) in [4.78, 5) is 4.23. The fourth-order valence-electron chi connectivity index (χ4n) is 1.25. The molecule has 0 radical (unpaired) electrons. The summed E-state index contributed by atoms with van der Waals surface area (Å²) in [5.74, 6) is 0. The highest BCUT2D eigenvalue weighted by Crippen LogP contribution is 2.18. The molecular weight excluding hydrogens is 290 g/mol. The van der Waals surface area contributed by atoms with Gasteiger partial charge < -0.3 is 5.73 Å². The minimum absolute atomic E-state index is 0.137. The Hall–Kier alpha value is -1.51. The van der Waals surface area contributed by atoms with Crippen molar-refractivity contribution in [2.45, 2.75) is 4.90 Å². The van der Waals surface area contributed by atoms with Crippen molar-refractivity contribution in [3.05, 3.63) is 41.4 Å². The highest BCUT2D eigenvalue weighted by atomic mass is 32.2. The number of nitrogens with one attached hydrogen (secondary N) is 1. The van der Waals surface area contributed by atoms with Crippen molar-refractivity contribution in [1.29, 1.82) is 0 Å². The Labute approximate surface area is 114 Å². The van der Waals surface area contributed by atoms with E-state index in [9.17, 15) is 8.42 Å². The van der Waals surface area contributed by atoms with Crippen molar-refractivity contribution in [2.24, 2.45) is 5.73 Å². The van der Waals surface area contributed by atoms with Crippen molar-refractivity contribution < 1.29 is 8.42 Å². The van der Waals surface area contributed by atoms with Gasteiger partial charge in [0.25, 0.3) is 10.0 Å². The number of nitrogens with two attached hydrogens (primary N) is 1. The summed E-state index contributed by atoms with van der Waals surface area (Å²) in [6.45, 7) is 0. The lowest BCUT2D eigenvalue weighted by Gasteiger charge is -2.05. The molecule has 18 heavy (non-hydrogen) atoms. The van der Waals surface area contributed by atoms with Crippen LogP contribution in [0.2, 0.25) is 0 Å². The van der Waals surface area contributed by atoms with Gasteiger partial charge in [0.15, 0.2) is 5.13 Å². The van der Waals surface area contributed by atoms with Gasteiger partial charge in [-0.15, -0.1) is 11.3 Å². The fourth-order valence-corrected chi connectivity index (χ4v) is 3.17. The summed E-state index contributed by atoms with van der Waals surface area (Å²) in [5, 5.41) is 2.02. The zero-order valence-electron chi connectivity index (χ0n) is 9.03. The minimum Gasteiger partial charge on any atom is -0.389 e. The number of nitrogens with zero attached hydrogens (tertiary/aromatic N) is 1. The second-order valence-electron chi connectivity index (χ2n) is 3.33. The first-order chi connectivity index (χ1) is 8.49. The molecule has 0 bridgehead atoms. The first-order valence-electron chi connectivity index (χ1n) is 4.81. The van der Waals surface area contributed by atoms with Gasteiger partial charge in [-0.1, -0.05) is 24.4 Å². The largest absolute Gasteiger partial charge is 0.389 e. The lowest BCUT2D eigenvalue weighted by molar-refractivity contribution is 0.601. The normalized spacial score (nSPS) is 11.1. The molecule has 94 valence electrons. The molecule has 0 saturated heterocycles. The van der Waals surface area contributed by atoms with Gasteiger partial charge in [0, 0.05) is 17.1 Å². The second kappa shape index (κ2) is 5.01. The molecule has 0 unspecified atom stereocenters. The number of hydrogen-bond donors (Lipinski definition) is 2. The monoisotopic (exact) mass is 299 g/mol. The Bertz CT molecular complexity index is 648. The molecule has 0 amide bonds. The lowest BCUT2D eigenvalue weighted by Crippen LogP contribution is -2.14. The quantitative estimate of drug-likeness (QED) is 0.837. The van der Waals surface area contributed by atoms with Crippen LogP contribution in [0.1, 0.15) is 5.56 Å². The average Bonchev–Trinajstić information content (AvgIpc) is 2.81. The van der Waals surface area contributed by atoms with Crippen LogP contribution in [0, 0.1) is 0 Å². The molecule has 0 atom stereocenters. The fraction of sp³-hybridized carbons (Fsp3) is 0. The van der Waals surface area contributed by atoms with Gasteiger partial charge in [-0.2, -0.15) is 0 Å². The molecule has 0 saturated carbocycles. The zero-order valence-corrected chi connectivity index (χ0v) is 11.5. The molecule has 2 aromatic rings. The molecule has 0 aliphatic rings. The number of thiazole rings is 1. The molecule has 5 nitrogen and oxygen atoms in total. The second-order valence-corrected chi connectivity index (χ2v) is 6.35. The maximum absolute atomic E-state index is 12.0. The molecule has 1 aromatic carbocycles. The predicted octanol–water partition coefficient (Wildman–Crippen LogP) is 1.58. The molecule has 8 heteroatoms. The molecular formula is C10H9N3O2S3. The van der Waals surface area contributed by atoms with Crippen LogP contribution in [0.5, 0.6) is 0 Å². The van der Waals surface area contributed by atoms with E-state index in [4.69, 9.17) is 18.0 Å². The number of anilines is 1. The number of sulfonamides is 1. The number of aromatic nitrogens is 1. The van der Waals surface area contributed by atoms with E-state index in [-0.39, 0.29) is 9.88 Å². The van der Waals surface area contributed by atoms with Crippen LogP contribution in [0.25, 0.3) is 0 Å². The Morgan fingerprint density at radius 3 is 2.50 bits per heavy atom. The molecule has 0 aliphatic carbocycles. The third-order valence-corrected chi connectivity index (χ3v) is 4.51. The van der Waals surface area contributed by atoms with Crippen molar-refractivity contribution in [3.63, 3.8) is 0 Å². The van der Waals surface area contributed by atoms with Crippen LogP contribution in [-0.4, -0.2) is 18.4 Å². The van der Waals surface area contributed by atoms with Gasteiger partial charge in [0.1, 0.15) is 4.99 Å². The molecule has 2 rings (SSSR count). The average molecular weight is 299 g/mol. The van der Waals surface area contributed by atoms with E-state index in [0.717, 1.165) is 0 Å². The first-order valence-corrected chi connectivity index (χ1v) is 7.58. The van der Waals surface area contributed by atoms with E-state index < -0.39 is 10.0 Å². The Balaban J connectivity index is 2.27. The van der Waals surface area contributed by atoms with Crippen molar-refractivity contribution in [1.82, 2.24) is 4.98 Å². The smallest absolute Gasteiger partial charge is 0.263 e. The molecule has 3 N–H and O–H groups in total. The van der Waals surface area contributed by atoms with Crippen LogP contribution < -0.4 is 10.5 Å². The van der Waals surface area contributed by atoms with E-state index in [1.54, 1.807) is 17.5 Å². The summed E-state index contributed by atoms with van der Waals surface area (Å²) in [7, 11) is -3.61. The molecule has 1 heterocycles.